The van der Waals surface area contributed by atoms with E-state index in [1.54, 1.807) is 0 Å². The third-order valence-corrected chi connectivity index (χ3v) is 4.01. The zero-order chi connectivity index (χ0) is 17.7. The van der Waals surface area contributed by atoms with E-state index < -0.39 is 17.6 Å². The molecule has 2 N–H and O–H groups in total. The van der Waals surface area contributed by atoms with Crippen molar-refractivity contribution in [2.45, 2.75) is 45.4 Å². The molecule has 1 heterocycles. The molecular weight excluding hydrogens is 308 g/mol. The predicted molar refractivity (Wildman–Crippen MR) is 90.6 cm³/mol. The largest absolute Gasteiger partial charge is 0.453 e. The molecule has 0 aliphatic carbocycles. The zero-order valence-electron chi connectivity index (χ0n) is 14.7. The summed E-state index contributed by atoms with van der Waals surface area (Å²) in [6.07, 6.45) is 0.0899. The van der Waals surface area contributed by atoms with Crippen molar-refractivity contribution >= 4 is 12.0 Å². The summed E-state index contributed by atoms with van der Waals surface area (Å²) in [5.41, 5.74) is 0.687. The van der Waals surface area contributed by atoms with Crippen LogP contribution in [0.3, 0.4) is 0 Å². The Morgan fingerprint density at radius 1 is 1.25 bits per heavy atom. The Hall–Kier alpha value is -2.08. The van der Waals surface area contributed by atoms with Crippen LogP contribution < -0.4 is 10.6 Å². The second-order valence-corrected chi connectivity index (χ2v) is 7.11. The number of amides is 2. The lowest BCUT2D eigenvalue weighted by Crippen LogP contribution is -2.56. The van der Waals surface area contributed by atoms with Gasteiger partial charge in [-0.1, -0.05) is 51.1 Å². The third kappa shape index (κ3) is 5.23. The Kier molecular flexibility index (Phi) is 5.83. The molecule has 132 valence electrons. The molecule has 2 rings (SSSR count). The molecule has 2 amide bonds. The van der Waals surface area contributed by atoms with E-state index in [0.717, 1.165) is 5.56 Å². The van der Waals surface area contributed by atoms with Gasteiger partial charge in [0, 0.05) is 0 Å². The summed E-state index contributed by atoms with van der Waals surface area (Å²) in [7, 11) is 1.28. The monoisotopic (exact) mass is 334 g/mol. The number of carbonyl (C=O) groups excluding carboxylic acids is 2. The molecule has 0 unspecified atom stereocenters. The molecule has 6 nitrogen and oxygen atoms in total. The summed E-state index contributed by atoms with van der Waals surface area (Å²) >= 11 is 0. The van der Waals surface area contributed by atoms with Crippen LogP contribution in [-0.4, -0.2) is 43.9 Å². The van der Waals surface area contributed by atoms with Gasteiger partial charge in [-0.25, -0.2) is 4.79 Å². The summed E-state index contributed by atoms with van der Waals surface area (Å²) in [6, 6.07) is 9.13. The molecular formula is C18H26N2O4. The van der Waals surface area contributed by atoms with Crippen LogP contribution in [0, 0.1) is 5.41 Å². The van der Waals surface area contributed by atoms with Crippen LogP contribution in [0.25, 0.3) is 0 Å². The van der Waals surface area contributed by atoms with Gasteiger partial charge in [0.1, 0.15) is 12.1 Å². The summed E-state index contributed by atoms with van der Waals surface area (Å²) in [5.74, 6) is -0.232. The molecule has 0 saturated carbocycles. The van der Waals surface area contributed by atoms with Crippen molar-refractivity contribution in [1.82, 2.24) is 10.6 Å². The predicted octanol–water partition coefficient (Wildman–Crippen LogP) is 1.88. The molecule has 1 fully saturated rings. The zero-order valence-corrected chi connectivity index (χ0v) is 14.7. The molecule has 24 heavy (non-hydrogen) atoms. The van der Waals surface area contributed by atoms with Crippen molar-refractivity contribution in [2.75, 3.05) is 13.7 Å². The third-order valence-electron chi connectivity index (χ3n) is 4.01. The van der Waals surface area contributed by atoms with Crippen LogP contribution >= 0.6 is 0 Å². The van der Waals surface area contributed by atoms with Gasteiger partial charge in [0.2, 0.25) is 5.91 Å². The summed E-state index contributed by atoms with van der Waals surface area (Å²) in [6.45, 7) is 6.33. The van der Waals surface area contributed by atoms with E-state index in [2.05, 4.69) is 15.4 Å². The fourth-order valence-corrected chi connectivity index (χ4v) is 2.55. The number of nitrogens with one attached hydrogen (secondary N) is 2. The van der Waals surface area contributed by atoms with Gasteiger partial charge in [0.25, 0.3) is 0 Å². The second-order valence-electron chi connectivity index (χ2n) is 7.11. The summed E-state index contributed by atoms with van der Waals surface area (Å²) in [5, 5.41) is 5.65. The molecule has 0 spiro atoms. The minimum absolute atomic E-state index is 0.0212. The second kappa shape index (κ2) is 7.66. The van der Waals surface area contributed by atoms with E-state index in [1.165, 1.54) is 7.11 Å². The number of carbonyl (C=O) groups is 2. The van der Waals surface area contributed by atoms with Gasteiger partial charge < -0.3 is 20.1 Å². The normalized spacial score (nSPS) is 19.1. The lowest BCUT2D eigenvalue weighted by atomic mass is 9.86. The van der Waals surface area contributed by atoms with Gasteiger partial charge in [-0.05, 0) is 17.4 Å². The minimum Gasteiger partial charge on any atom is -0.453 e. The van der Waals surface area contributed by atoms with Gasteiger partial charge in [-0.3, -0.25) is 4.79 Å². The highest BCUT2D eigenvalue weighted by Crippen LogP contribution is 2.22. The molecule has 1 aliphatic rings. The van der Waals surface area contributed by atoms with Crippen LogP contribution in [0.2, 0.25) is 0 Å². The van der Waals surface area contributed by atoms with E-state index in [4.69, 9.17) is 4.74 Å². The van der Waals surface area contributed by atoms with Crippen LogP contribution in [0.1, 0.15) is 26.3 Å². The maximum atomic E-state index is 12.7. The number of hydrogen-bond acceptors (Lipinski definition) is 4. The molecule has 0 bridgehead atoms. The van der Waals surface area contributed by atoms with Crippen LogP contribution in [0.5, 0.6) is 0 Å². The Balaban J connectivity index is 2.06. The van der Waals surface area contributed by atoms with Crippen molar-refractivity contribution in [3.8, 4) is 0 Å². The average Bonchev–Trinajstić information content (AvgIpc) is 3.36. The van der Waals surface area contributed by atoms with Crippen molar-refractivity contribution in [1.29, 1.82) is 0 Å². The van der Waals surface area contributed by atoms with Crippen LogP contribution in [-0.2, 0) is 20.7 Å². The van der Waals surface area contributed by atoms with Gasteiger partial charge in [0.15, 0.2) is 0 Å². The molecule has 1 aromatic carbocycles. The SMILES string of the molecule is COC(=O)N[C@@H](C(=O)N[C@H](Cc1ccccc1)[C@@H]1CO1)C(C)(C)C. The first-order valence-corrected chi connectivity index (χ1v) is 8.11. The quantitative estimate of drug-likeness (QED) is 0.779. The molecule has 3 atom stereocenters. The Morgan fingerprint density at radius 3 is 2.38 bits per heavy atom. The van der Waals surface area contributed by atoms with Crippen LogP contribution in [0.4, 0.5) is 4.79 Å². The number of alkyl carbamates (subject to hydrolysis) is 1. The molecule has 0 aromatic heterocycles. The first-order valence-electron chi connectivity index (χ1n) is 8.11. The molecule has 0 radical (unpaired) electrons. The number of rotatable bonds is 6. The van der Waals surface area contributed by atoms with Crippen molar-refractivity contribution in [2.24, 2.45) is 5.41 Å². The summed E-state index contributed by atoms with van der Waals surface area (Å²) in [4.78, 5) is 24.3. The standard InChI is InChI=1S/C18H26N2O4/c1-18(2,3)15(20-17(22)23-4)16(21)19-13(14-11-24-14)10-12-8-6-5-7-9-12/h5-9,13-15H,10-11H2,1-4H3,(H,19,21)(H,20,22)/t13-,14+,15+/m1/s1. The first-order chi connectivity index (χ1) is 11.3. The Bertz CT molecular complexity index is 564. The van der Waals surface area contributed by atoms with Gasteiger partial charge >= 0.3 is 6.09 Å². The van der Waals surface area contributed by atoms with Crippen molar-refractivity contribution in [3.63, 3.8) is 0 Å². The van der Waals surface area contributed by atoms with E-state index >= 15 is 0 Å². The highest BCUT2D eigenvalue weighted by molar-refractivity contribution is 5.86. The highest BCUT2D eigenvalue weighted by Gasteiger charge is 2.38. The molecule has 1 aliphatic heterocycles. The maximum absolute atomic E-state index is 12.7. The lowest BCUT2D eigenvalue weighted by Gasteiger charge is -2.31. The lowest BCUT2D eigenvalue weighted by molar-refractivity contribution is -0.126. The number of epoxide rings is 1. The number of benzene rings is 1. The smallest absolute Gasteiger partial charge is 0.407 e. The van der Waals surface area contributed by atoms with Crippen molar-refractivity contribution < 1.29 is 19.1 Å². The van der Waals surface area contributed by atoms with E-state index in [1.807, 2.05) is 51.1 Å². The van der Waals surface area contributed by atoms with Gasteiger partial charge in [-0.2, -0.15) is 0 Å². The number of hydrogen-bond donors (Lipinski definition) is 2. The highest BCUT2D eigenvalue weighted by atomic mass is 16.6. The van der Waals surface area contributed by atoms with Gasteiger partial charge in [0.05, 0.1) is 19.8 Å². The fraction of sp³-hybridized carbons (Fsp3) is 0.556. The van der Waals surface area contributed by atoms with Crippen LogP contribution in [0.15, 0.2) is 30.3 Å². The van der Waals surface area contributed by atoms with Gasteiger partial charge in [-0.15, -0.1) is 0 Å². The summed E-state index contributed by atoms with van der Waals surface area (Å²) < 4.78 is 10.0. The number of methoxy groups -OCH3 is 1. The molecule has 1 saturated heterocycles. The van der Waals surface area contributed by atoms with E-state index in [9.17, 15) is 9.59 Å². The Labute approximate surface area is 142 Å². The maximum Gasteiger partial charge on any atom is 0.407 e. The topological polar surface area (TPSA) is 80.0 Å². The minimum atomic E-state index is -0.693. The number of ether oxygens (including phenoxy) is 2. The fourth-order valence-electron chi connectivity index (χ4n) is 2.55. The van der Waals surface area contributed by atoms with Crippen molar-refractivity contribution in [3.05, 3.63) is 35.9 Å². The first kappa shape index (κ1) is 18.3. The van der Waals surface area contributed by atoms with E-state index in [-0.39, 0.29) is 18.1 Å². The molecule has 1 aromatic rings. The molecule has 6 heteroatoms. The van der Waals surface area contributed by atoms with E-state index in [0.29, 0.717) is 13.0 Å². The Morgan fingerprint density at radius 2 is 1.88 bits per heavy atom. The average molecular weight is 334 g/mol.